The van der Waals surface area contributed by atoms with Gasteiger partial charge in [0.05, 0.1) is 31.1 Å². The lowest BCUT2D eigenvalue weighted by Gasteiger charge is -2.23. The second-order valence-electron chi connectivity index (χ2n) is 3.65. The van der Waals surface area contributed by atoms with Crippen LogP contribution in [0.2, 0.25) is 0 Å². The van der Waals surface area contributed by atoms with Crippen molar-refractivity contribution in [3.63, 3.8) is 0 Å². The molecule has 16 heavy (non-hydrogen) atoms. The Morgan fingerprint density at radius 3 is 2.69 bits per heavy atom. The molecule has 5 heteroatoms. The molecule has 0 aliphatic heterocycles. The number of nitrogens with two attached hydrogens (primary N) is 1. The molecule has 0 bridgehead atoms. The Morgan fingerprint density at radius 2 is 2.19 bits per heavy atom. The molecular weight excluding hydrogens is 206 g/mol. The molecular formula is C11H21N3O2. The van der Waals surface area contributed by atoms with E-state index < -0.39 is 0 Å². The molecule has 0 aliphatic carbocycles. The zero-order valence-corrected chi connectivity index (χ0v) is 10.4. The summed E-state index contributed by atoms with van der Waals surface area (Å²) >= 11 is 0. The van der Waals surface area contributed by atoms with Crippen molar-refractivity contribution < 1.29 is 9.47 Å². The average Bonchev–Trinajstić information content (AvgIpc) is 2.66. The molecule has 0 aliphatic rings. The van der Waals surface area contributed by atoms with Crippen LogP contribution >= 0.6 is 0 Å². The summed E-state index contributed by atoms with van der Waals surface area (Å²) in [5.74, 6) is 0.716. The van der Waals surface area contributed by atoms with Gasteiger partial charge in [0.1, 0.15) is 0 Å². The van der Waals surface area contributed by atoms with E-state index in [1.54, 1.807) is 18.0 Å². The van der Waals surface area contributed by atoms with Gasteiger partial charge < -0.3 is 15.2 Å². The van der Waals surface area contributed by atoms with Gasteiger partial charge in [0.2, 0.25) is 0 Å². The molecule has 0 saturated heterocycles. The SMILES string of the molecule is CCOC(CC)C(N)c1c(OC)cnn1C. The van der Waals surface area contributed by atoms with E-state index in [0.717, 1.165) is 12.1 Å². The zero-order chi connectivity index (χ0) is 12.1. The lowest BCUT2D eigenvalue weighted by molar-refractivity contribution is 0.0390. The number of nitrogens with zero attached hydrogens (tertiary/aromatic N) is 2. The predicted octanol–water partition coefficient (Wildman–Crippen LogP) is 1.24. The highest BCUT2D eigenvalue weighted by Gasteiger charge is 2.24. The summed E-state index contributed by atoms with van der Waals surface area (Å²) in [7, 11) is 3.48. The Balaban J connectivity index is 2.92. The van der Waals surface area contributed by atoms with Gasteiger partial charge in [0, 0.05) is 13.7 Å². The molecule has 92 valence electrons. The maximum Gasteiger partial charge on any atom is 0.161 e. The number of aromatic nitrogens is 2. The smallest absolute Gasteiger partial charge is 0.161 e. The van der Waals surface area contributed by atoms with Gasteiger partial charge in [-0.2, -0.15) is 5.10 Å². The van der Waals surface area contributed by atoms with E-state index in [0.29, 0.717) is 12.4 Å². The number of methoxy groups -OCH3 is 1. The maximum atomic E-state index is 6.19. The van der Waals surface area contributed by atoms with Crippen LogP contribution in [0.25, 0.3) is 0 Å². The molecule has 2 N–H and O–H groups in total. The van der Waals surface area contributed by atoms with E-state index in [1.807, 2.05) is 14.0 Å². The van der Waals surface area contributed by atoms with E-state index in [1.165, 1.54) is 0 Å². The van der Waals surface area contributed by atoms with Crippen molar-refractivity contribution in [3.8, 4) is 5.75 Å². The fraction of sp³-hybridized carbons (Fsp3) is 0.727. The molecule has 0 radical (unpaired) electrons. The van der Waals surface area contributed by atoms with Crippen LogP contribution < -0.4 is 10.5 Å². The first kappa shape index (κ1) is 13.0. The van der Waals surface area contributed by atoms with Crippen LogP contribution in [0, 0.1) is 0 Å². The molecule has 1 aromatic heterocycles. The molecule has 2 unspecified atom stereocenters. The van der Waals surface area contributed by atoms with E-state index in [4.69, 9.17) is 15.2 Å². The van der Waals surface area contributed by atoms with Crippen LogP contribution in [0.3, 0.4) is 0 Å². The van der Waals surface area contributed by atoms with Crippen molar-refractivity contribution in [3.05, 3.63) is 11.9 Å². The number of hydrogen-bond donors (Lipinski definition) is 1. The maximum absolute atomic E-state index is 6.19. The molecule has 0 fully saturated rings. The lowest BCUT2D eigenvalue weighted by Crippen LogP contribution is -2.30. The van der Waals surface area contributed by atoms with Crippen molar-refractivity contribution in [1.82, 2.24) is 9.78 Å². The van der Waals surface area contributed by atoms with Gasteiger partial charge in [-0.3, -0.25) is 4.68 Å². The summed E-state index contributed by atoms with van der Waals surface area (Å²) in [4.78, 5) is 0. The molecule has 0 aromatic carbocycles. The van der Waals surface area contributed by atoms with E-state index in [2.05, 4.69) is 12.0 Å². The topological polar surface area (TPSA) is 62.3 Å². The zero-order valence-electron chi connectivity index (χ0n) is 10.4. The molecule has 0 amide bonds. The van der Waals surface area contributed by atoms with Gasteiger partial charge in [-0.15, -0.1) is 0 Å². The fourth-order valence-electron chi connectivity index (χ4n) is 1.83. The van der Waals surface area contributed by atoms with E-state index in [-0.39, 0.29) is 12.1 Å². The quantitative estimate of drug-likeness (QED) is 0.794. The monoisotopic (exact) mass is 227 g/mol. The van der Waals surface area contributed by atoms with Crippen molar-refractivity contribution >= 4 is 0 Å². The van der Waals surface area contributed by atoms with E-state index >= 15 is 0 Å². The van der Waals surface area contributed by atoms with Gasteiger partial charge in [0.25, 0.3) is 0 Å². The molecule has 1 aromatic rings. The van der Waals surface area contributed by atoms with Gasteiger partial charge in [-0.05, 0) is 13.3 Å². The normalized spacial score (nSPS) is 14.8. The average molecular weight is 227 g/mol. The minimum absolute atomic E-state index is 0.00528. The van der Waals surface area contributed by atoms with Crippen LogP contribution in [-0.2, 0) is 11.8 Å². The second kappa shape index (κ2) is 5.86. The Labute approximate surface area is 96.5 Å². The standard InChI is InChI=1S/C11H21N3O2/c1-5-8(16-6-2)10(12)11-9(15-4)7-13-14(11)3/h7-8,10H,5-6,12H2,1-4H3. The molecule has 1 rings (SSSR count). The molecule has 0 spiro atoms. The third-order valence-electron chi connectivity index (χ3n) is 2.67. The Bertz CT molecular complexity index is 325. The molecule has 5 nitrogen and oxygen atoms in total. The van der Waals surface area contributed by atoms with E-state index in [9.17, 15) is 0 Å². The fourth-order valence-corrected chi connectivity index (χ4v) is 1.83. The van der Waals surface area contributed by atoms with Crippen molar-refractivity contribution in [2.45, 2.75) is 32.4 Å². The van der Waals surface area contributed by atoms with Gasteiger partial charge in [-0.1, -0.05) is 6.92 Å². The first-order valence-corrected chi connectivity index (χ1v) is 5.58. The Kier molecular flexibility index (Phi) is 4.76. The van der Waals surface area contributed by atoms with Gasteiger partial charge in [-0.25, -0.2) is 0 Å². The highest BCUT2D eigenvalue weighted by Crippen LogP contribution is 2.27. The highest BCUT2D eigenvalue weighted by molar-refractivity contribution is 5.28. The van der Waals surface area contributed by atoms with Crippen LogP contribution in [0.15, 0.2) is 6.20 Å². The third kappa shape index (κ3) is 2.54. The van der Waals surface area contributed by atoms with Crippen molar-refractivity contribution in [1.29, 1.82) is 0 Å². The summed E-state index contributed by atoms with van der Waals surface area (Å²) in [6, 6.07) is -0.215. The number of rotatable bonds is 6. The van der Waals surface area contributed by atoms with Crippen LogP contribution in [0.5, 0.6) is 5.75 Å². The van der Waals surface area contributed by atoms with Crippen LogP contribution in [0.4, 0.5) is 0 Å². The molecule has 0 saturated carbocycles. The summed E-state index contributed by atoms with van der Waals surface area (Å²) < 4.78 is 12.6. The first-order valence-electron chi connectivity index (χ1n) is 5.58. The van der Waals surface area contributed by atoms with Gasteiger partial charge in [0.15, 0.2) is 5.75 Å². The third-order valence-corrected chi connectivity index (χ3v) is 2.67. The number of aryl methyl sites for hydroxylation is 1. The minimum atomic E-state index is -0.215. The van der Waals surface area contributed by atoms with Crippen molar-refractivity contribution in [2.24, 2.45) is 12.8 Å². The Hall–Kier alpha value is -1.07. The lowest BCUT2D eigenvalue weighted by atomic mass is 10.1. The van der Waals surface area contributed by atoms with Gasteiger partial charge >= 0.3 is 0 Å². The summed E-state index contributed by atoms with van der Waals surface area (Å²) in [6.07, 6.45) is 2.53. The predicted molar refractivity (Wildman–Crippen MR) is 62.4 cm³/mol. The van der Waals surface area contributed by atoms with Crippen LogP contribution in [0.1, 0.15) is 32.0 Å². The molecule has 1 heterocycles. The summed E-state index contributed by atoms with van der Waals surface area (Å²) in [6.45, 7) is 4.69. The summed E-state index contributed by atoms with van der Waals surface area (Å²) in [5.41, 5.74) is 7.07. The van der Waals surface area contributed by atoms with Crippen molar-refractivity contribution in [2.75, 3.05) is 13.7 Å². The second-order valence-corrected chi connectivity index (χ2v) is 3.65. The first-order chi connectivity index (χ1) is 7.65. The largest absolute Gasteiger partial charge is 0.493 e. The Morgan fingerprint density at radius 1 is 1.50 bits per heavy atom. The minimum Gasteiger partial charge on any atom is -0.493 e. The summed E-state index contributed by atoms with van der Waals surface area (Å²) in [5, 5.41) is 4.14. The molecule has 2 atom stereocenters. The number of hydrogen-bond acceptors (Lipinski definition) is 4. The van der Waals surface area contributed by atoms with Crippen LogP contribution in [-0.4, -0.2) is 29.6 Å². The number of ether oxygens (including phenoxy) is 2. The highest BCUT2D eigenvalue weighted by atomic mass is 16.5.